The van der Waals surface area contributed by atoms with Crippen LogP contribution in [0.2, 0.25) is 0 Å². The molecule has 0 fully saturated rings. The summed E-state index contributed by atoms with van der Waals surface area (Å²) in [7, 11) is 2.16. The van der Waals surface area contributed by atoms with Crippen LogP contribution in [-0.2, 0) is 0 Å². The molecule has 0 aliphatic heterocycles. The number of aliphatic imine (C=N–C) groups is 1. The minimum Gasteiger partial charge on any atom is -0.357 e. The highest BCUT2D eigenvalue weighted by molar-refractivity contribution is 14.0. The molecule has 0 aromatic carbocycles. The van der Waals surface area contributed by atoms with E-state index in [0.29, 0.717) is 6.04 Å². The Bertz CT molecular complexity index is 248. The summed E-state index contributed by atoms with van der Waals surface area (Å²) in [6.45, 7) is 15.7. The topological polar surface area (TPSA) is 39.7 Å². The summed E-state index contributed by atoms with van der Waals surface area (Å²) in [5, 5.41) is 6.67. The molecule has 0 radical (unpaired) electrons. The van der Waals surface area contributed by atoms with Crippen molar-refractivity contribution in [2.75, 3.05) is 26.7 Å². The number of hydrogen-bond donors (Lipinski definition) is 2. The Morgan fingerprint density at radius 3 is 2.26 bits per heavy atom. The fraction of sp³-hybridized carbons (Fsp3) is 0.929. The van der Waals surface area contributed by atoms with Crippen molar-refractivity contribution in [3.05, 3.63) is 0 Å². The Morgan fingerprint density at radius 1 is 1.26 bits per heavy atom. The summed E-state index contributed by atoms with van der Waals surface area (Å²) < 4.78 is 0. The van der Waals surface area contributed by atoms with Crippen LogP contribution in [0.5, 0.6) is 0 Å². The minimum absolute atomic E-state index is 0. The number of halogens is 1. The molecule has 0 rings (SSSR count). The van der Waals surface area contributed by atoms with E-state index in [2.05, 4.69) is 69.1 Å². The molecule has 0 bridgehead atoms. The molecule has 0 spiro atoms. The molecule has 0 aromatic rings. The molecule has 0 aliphatic rings. The molecule has 1 unspecified atom stereocenters. The lowest BCUT2D eigenvalue weighted by atomic mass is 10.1. The van der Waals surface area contributed by atoms with Gasteiger partial charge in [0.05, 0.1) is 6.54 Å². The van der Waals surface area contributed by atoms with Gasteiger partial charge in [0.15, 0.2) is 5.96 Å². The second-order valence-corrected chi connectivity index (χ2v) is 5.87. The zero-order valence-electron chi connectivity index (χ0n) is 13.7. The number of hydrogen-bond acceptors (Lipinski definition) is 2. The molecular formula is C14H33IN4. The fourth-order valence-corrected chi connectivity index (χ4v) is 1.51. The first-order valence-electron chi connectivity index (χ1n) is 7.06. The van der Waals surface area contributed by atoms with Crippen LogP contribution >= 0.6 is 24.0 Å². The minimum atomic E-state index is 0. The third kappa shape index (κ3) is 11.5. The van der Waals surface area contributed by atoms with Crippen LogP contribution in [0.1, 0.15) is 48.0 Å². The number of nitrogens with one attached hydrogen (secondary N) is 2. The van der Waals surface area contributed by atoms with Gasteiger partial charge in [0, 0.05) is 24.7 Å². The third-order valence-electron chi connectivity index (χ3n) is 2.90. The summed E-state index contributed by atoms with van der Waals surface area (Å²) in [6.07, 6.45) is 1.18. The fourth-order valence-electron chi connectivity index (χ4n) is 1.51. The van der Waals surface area contributed by atoms with E-state index in [1.54, 1.807) is 0 Å². The molecule has 2 N–H and O–H groups in total. The van der Waals surface area contributed by atoms with Gasteiger partial charge in [-0.1, -0.05) is 6.92 Å². The molecule has 1 atom stereocenters. The van der Waals surface area contributed by atoms with Crippen LogP contribution in [0, 0.1) is 0 Å². The normalized spacial score (nSPS) is 14.0. The summed E-state index contributed by atoms with van der Waals surface area (Å²) in [5.41, 5.74) is 0.0453. The zero-order valence-corrected chi connectivity index (χ0v) is 16.0. The summed E-state index contributed by atoms with van der Waals surface area (Å²) in [4.78, 5) is 6.96. The molecule has 19 heavy (non-hydrogen) atoms. The summed E-state index contributed by atoms with van der Waals surface area (Å²) in [5.74, 6) is 0.905. The highest BCUT2D eigenvalue weighted by atomic mass is 127. The van der Waals surface area contributed by atoms with Crippen molar-refractivity contribution in [1.82, 2.24) is 15.5 Å². The van der Waals surface area contributed by atoms with Crippen molar-refractivity contribution in [2.24, 2.45) is 4.99 Å². The van der Waals surface area contributed by atoms with Crippen molar-refractivity contribution < 1.29 is 0 Å². The second kappa shape index (κ2) is 10.7. The molecule has 0 aromatic heterocycles. The standard InChI is InChI=1S/C14H32N4.HI/c1-8-12(3)18(7)11-10-16-13(15-9-2)17-14(4,5)6;/h12H,8-11H2,1-7H3,(H2,15,16,17);1H. The molecule has 0 saturated heterocycles. The molecule has 0 heterocycles. The molecule has 0 amide bonds. The Labute approximate surface area is 136 Å². The number of rotatable bonds is 6. The van der Waals surface area contributed by atoms with E-state index in [1.807, 2.05) is 0 Å². The van der Waals surface area contributed by atoms with Gasteiger partial charge in [-0.05, 0) is 48.1 Å². The number of guanidine groups is 1. The highest BCUT2D eigenvalue weighted by Crippen LogP contribution is 2.00. The lowest BCUT2D eigenvalue weighted by Crippen LogP contribution is -2.47. The zero-order chi connectivity index (χ0) is 14.2. The summed E-state index contributed by atoms with van der Waals surface area (Å²) >= 11 is 0. The van der Waals surface area contributed by atoms with Gasteiger partial charge in [0.1, 0.15) is 0 Å². The van der Waals surface area contributed by atoms with Crippen LogP contribution < -0.4 is 10.6 Å². The maximum absolute atomic E-state index is 4.61. The predicted molar refractivity (Wildman–Crippen MR) is 96.7 cm³/mol. The second-order valence-electron chi connectivity index (χ2n) is 5.87. The predicted octanol–water partition coefficient (Wildman–Crippen LogP) is 2.69. The average Bonchev–Trinajstić information content (AvgIpc) is 2.25. The molecule has 0 saturated carbocycles. The lowest BCUT2D eigenvalue weighted by Gasteiger charge is -2.25. The number of likely N-dealkylation sites (N-methyl/N-ethyl adjacent to an activating group) is 1. The van der Waals surface area contributed by atoms with Gasteiger partial charge in [-0.3, -0.25) is 4.99 Å². The first-order valence-corrected chi connectivity index (χ1v) is 7.06. The van der Waals surface area contributed by atoms with Crippen molar-refractivity contribution in [3.63, 3.8) is 0 Å². The highest BCUT2D eigenvalue weighted by Gasteiger charge is 2.11. The van der Waals surface area contributed by atoms with Gasteiger partial charge in [0.2, 0.25) is 0 Å². The van der Waals surface area contributed by atoms with E-state index in [9.17, 15) is 0 Å². The van der Waals surface area contributed by atoms with E-state index in [-0.39, 0.29) is 29.5 Å². The van der Waals surface area contributed by atoms with E-state index in [4.69, 9.17) is 0 Å². The maximum Gasteiger partial charge on any atom is 0.191 e. The van der Waals surface area contributed by atoms with Gasteiger partial charge >= 0.3 is 0 Å². The van der Waals surface area contributed by atoms with Crippen LogP contribution in [0.3, 0.4) is 0 Å². The Morgan fingerprint density at radius 2 is 1.84 bits per heavy atom. The van der Waals surface area contributed by atoms with Gasteiger partial charge in [-0.2, -0.15) is 0 Å². The Hall–Kier alpha value is -0.0400. The molecule has 0 aliphatic carbocycles. The Kier molecular flexibility index (Phi) is 12.0. The Balaban J connectivity index is 0. The van der Waals surface area contributed by atoms with E-state index >= 15 is 0 Å². The van der Waals surface area contributed by atoms with Crippen LogP contribution in [0.4, 0.5) is 0 Å². The lowest BCUT2D eigenvalue weighted by molar-refractivity contribution is 0.259. The summed E-state index contributed by atoms with van der Waals surface area (Å²) in [6, 6.07) is 0.623. The van der Waals surface area contributed by atoms with Crippen LogP contribution in [-0.4, -0.2) is 49.1 Å². The average molecular weight is 384 g/mol. The van der Waals surface area contributed by atoms with Gasteiger partial charge < -0.3 is 15.5 Å². The maximum atomic E-state index is 4.61. The monoisotopic (exact) mass is 384 g/mol. The van der Waals surface area contributed by atoms with Crippen LogP contribution in [0.25, 0.3) is 0 Å². The smallest absolute Gasteiger partial charge is 0.191 e. The first kappa shape index (κ1) is 21.3. The molecule has 4 nitrogen and oxygen atoms in total. The van der Waals surface area contributed by atoms with Crippen molar-refractivity contribution in [2.45, 2.75) is 59.5 Å². The molecule has 116 valence electrons. The SMILES string of the molecule is CCNC(=NCCN(C)C(C)CC)NC(C)(C)C.I. The largest absolute Gasteiger partial charge is 0.357 e. The number of nitrogens with zero attached hydrogens (tertiary/aromatic N) is 2. The van der Waals surface area contributed by atoms with Crippen molar-refractivity contribution in [3.8, 4) is 0 Å². The first-order chi connectivity index (χ1) is 8.30. The van der Waals surface area contributed by atoms with Crippen molar-refractivity contribution >= 4 is 29.9 Å². The quantitative estimate of drug-likeness (QED) is 0.420. The van der Waals surface area contributed by atoms with Gasteiger partial charge in [0.25, 0.3) is 0 Å². The van der Waals surface area contributed by atoms with Gasteiger partial charge in [-0.15, -0.1) is 24.0 Å². The molecular weight excluding hydrogens is 351 g/mol. The van der Waals surface area contributed by atoms with Gasteiger partial charge in [-0.25, -0.2) is 0 Å². The van der Waals surface area contributed by atoms with Crippen LogP contribution in [0.15, 0.2) is 4.99 Å². The van der Waals surface area contributed by atoms with E-state index in [1.165, 1.54) is 6.42 Å². The van der Waals surface area contributed by atoms with E-state index in [0.717, 1.165) is 25.6 Å². The van der Waals surface area contributed by atoms with Crippen molar-refractivity contribution in [1.29, 1.82) is 0 Å². The molecule has 5 heteroatoms. The van der Waals surface area contributed by atoms with E-state index < -0.39 is 0 Å². The third-order valence-corrected chi connectivity index (χ3v) is 2.90.